The Labute approximate surface area is 105 Å². The third-order valence-electron chi connectivity index (χ3n) is 1.83. The average Bonchev–Trinajstić information content (AvgIpc) is 2.60. The Morgan fingerprint density at radius 1 is 1.62 bits per heavy atom. The zero-order valence-corrected chi connectivity index (χ0v) is 11.3. The van der Waals surface area contributed by atoms with Crippen molar-refractivity contribution in [2.24, 2.45) is 0 Å². The van der Waals surface area contributed by atoms with Crippen LogP contribution < -0.4 is 15.0 Å². The second-order valence-corrected chi connectivity index (χ2v) is 5.04. The van der Waals surface area contributed by atoms with E-state index in [2.05, 4.69) is 16.9 Å². The smallest absolute Gasteiger partial charge is 0.230 e. The quantitative estimate of drug-likeness (QED) is 0.851. The minimum atomic E-state index is 0.583. The summed E-state index contributed by atoms with van der Waals surface area (Å²) in [7, 11) is 5.53. The van der Waals surface area contributed by atoms with Crippen LogP contribution in [0.15, 0.2) is 11.6 Å². The molecular formula is C10H16ClN3OS. The largest absolute Gasteiger partial charge is 0.480 e. The van der Waals surface area contributed by atoms with Gasteiger partial charge < -0.3 is 15.0 Å². The fourth-order valence-corrected chi connectivity index (χ4v) is 2.12. The van der Waals surface area contributed by atoms with E-state index in [-0.39, 0.29) is 0 Å². The molecule has 0 spiro atoms. The number of ether oxygens (including phenoxy) is 1. The van der Waals surface area contributed by atoms with E-state index in [0.717, 1.165) is 10.0 Å². The van der Waals surface area contributed by atoms with Crippen LogP contribution in [0.1, 0.15) is 4.88 Å². The molecule has 0 aromatic carbocycles. The van der Waals surface area contributed by atoms with E-state index >= 15 is 0 Å². The molecule has 0 saturated carbocycles. The number of hydrogen-bond acceptors (Lipinski definition) is 5. The standard InChI is InChI=1S/C10H16ClN3OS/c1-7(11)5-12-6-8-9(15-4)13-10(16-8)14(2)3/h12H,1,5-6H2,2-4H3. The molecule has 0 atom stereocenters. The molecule has 1 rings (SSSR count). The zero-order chi connectivity index (χ0) is 12.1. The molecule has 1 heterocycles. The SMILES string of the molecule is C=C(Cl)CNCc1sc(N(C)C)nc1OC. The average molecular weight is 262 g/mol. The van der Waals surface area contributed by atoms with Crippen LogP contribution in [0.4, 0.5) is 5.13 Å². The zero-order valence-electron chi connectivity index (χ0n) is 9.71. The van der Waals surface area contributed by atoms with Crippen molar-refractivity contribution in [1.82, 2.24) is 10.3 Å². The van der Waals surface area contributed by atoms with Crippen molar-refractivity contribution in [2.45, 2.75) is 6.54 Å². The Bertz CT molecular complexity index is 365. The summed E-state index contributed by atoms with van der Waals surface area (Å²) < 4.78 is 5.21. The molecule has 1 N–H and O–H groups in total. The summed E-state index contributed by atoms with van der Waals surface area (Å²) in [6, 6.07) is 0. The van der Waals surface area contributed by atoms with E-state index < -0.39 is 0 Å². The lowest BCUT2D eigenvalue weighted by Crippen LogP contribution is -2.14. The molecule has 1 aromatic rings. The van der Waals surface area contributed by atoms with Gasteiger partial charge in [-0.1, -0.05) is 29.5 Å². The fraction of sp³-hybridized carbons (Fsp3) is 0.500. The van der Waals surface area contributed by atoms with Gasteiger partial charge in [-0.2, -0.15) is 4.98 Å². The van der Waals surface area contributed by atoms with E-state index in [0.29, 0.717) is 24.0 Å². The molecule has 0 saturated heterocycles. The summed E-state index contributed by atoms with van der Waals surface area (Å²) in [6.45, 7) is 4.88. The minimum absolute atomic E-state index is 0.583. The number of anilines is 1. The third-order valence-corrected chi connectivity index (χ3v) is 3.17. The lowest BCUT2D eigenvalue weighted by molar-refractivity contribution is 0.395. The number of nitrogens with one attached hydrogen (secondary N) is 1. The first-order chi connectivity index (χ1) is 7.54. The summed E-state index contributed by atoms with van der Waals surface area (Å²) in [5.41, 5.74) is 0. The number of nitrogens with zero attached hydrogens (tertiary/aromatic N) is 2. The van der Waals surface area contributed by atoms with Gasteiger partial charge in [0.1, 0.15) is 0 Å². The van der Waals surface area contributed by atoms with Crippen molar-refractivity contribution in [3.63, 3.8) is 0 Å². The highest BCUT2D eigenvalue weighted by molar-refractivity contribution is 7.15. The summed E-state index contributed by atoms with van der Waals surface area (Å²) >= 11 is 7.26. The number of methoxy groups -OCH3 is 1. The molecule has 0 bridgehead atoms. The molecular weight excluding hydrogens is 246 g/mol. The van der Waals surface area contributed by atoms with Crippen LogP contribution in [0.2, 0.25) is 0 Å². The van der Waals surface area contributed by atoms with Gasteiger partial charge in [0.25, 0.3) is 0 Å². The maximum Gasteiger partial charge on any atom is 0.230 e. The molecule has 0 fully saturated rings. The van der Waals surface area contributed by atoms with E-state index in [4.69, 9.17) is 16.3 Å². The van der Waals surface area contributed by atoms with Crippen molar-refractivity contribution in [1.29, 1.82) is 0 Å². The summed E-state index contributed by atoms with van der Waals surface area (Å²) in [5.74, 6) is 0.668. The van der Waals surface area contributed by atoms with Gasteiger partial charge in [-0.3, -0.25) is 0 Å². The first-order valence-corrected chi connectivity index (χ1v) is 5.99. The molecule has 0 aliphatic heterocycles. The lowest BCUT2D eigenvalue weighted by atomic mass is 10.5. The van der Waals surface area contributed by atoms with E-state index in [1.54, 1.807) is 18.4 Å². The number of rotatable bonds is 6. The fourth-order valence-electron chi connectivity index (χ4n) is 1.10. The number of thiazole rings is 1. The summed E-state index contributed by atoms with van der Waals surface area (Å²) in [5, 5.41) is 4.69. The van der Waals surface area contributed by atoms with Crippen LogP contribution in [-0.4, -0.2) is 32.7 Å². The molecule has 0 aliphatic rings. The van der Waals surface area contributed by atoms with Crippen molar-refractivity contribution < 1.29 is 4.74 Å². The van der Waals surface area contributed by atoms with Crippen LogP contribution in [0.3, 0.4) is 0 Å². The summed E-state index contributed by atoms with van der Waals surface area (Å²) in [4.78, 5) is 7.37. The Morgan fingerprint density at radius 3 is 2.81 bits per heavy atom. The Morgan fingerprint density at radius 2 is 2.31 bits per heavy atom. The van der Waals surface area contributed by atoms with Gasteiger partial charge in [0, 0.05) is 32.2 Å². The predicted molar refractivity (Wildman–Crippen MR) is 69.7 cm³/mol. The van der Waals surface area contributed by atoms with Gasteiger partial charge in [-0.25, -0.2) is 0 Å². The second-order valence-electron chi connectivity index (χ2n) is 3.44. The maximum absolute atomic E-state index is 5.66. The second kappa shape index (κ2) is 6.08. The molecule has 0 aliphatic carbocycles. The first kappa shape index (κ1) is 13.3. The predicted octanol–water partition coefficient (Wildman–Crippen LogP) is 2.06. The van der Waals surface area contributed by atoms with Crippen molar-refractivity contribution in [3.05, 3.63) is 16.5 Å². The Kier molecular flexibility index (Phi) is 5.05. The van der Waals surface area contributed by atoms with Crippen LogP contribution in [0, 0.1) is 0 Å². The van der Waals surface area contributed by atoms with E-state index in [1.165, 1.54) is 0 Å². The highest BCUT2D eigenvalue weighted by atomic mass is 35.5. The highest BCUT2D eigenvalue weighted by Crippen LogP contribution is 2.30. The Balaban J connectivity index is 2.66. The van der Waals surface area contributed by atoms with Gasteiger partial charge in [0.15, 0.2) is 5.13 Å². The van der Waals surface area contributed by atoms with E-state index in [9.17, 15) is 0 Å². The molecule has 1 aromatic heterocycles. The molecule has 0 unspecified atom stereocenters. The molecule has 0 amide bonds. The third kappa shape index (κ3) is 3.66. The van der Waals surface area contributed by atoms with Crippen LogP contribution in [0.25, 0.3) is 0 Å². The normalized spacial score (nSPS) is 10.2. The molecule has 6 heteroatoms. The van der Waals surface area contributed by atoms with Crippen LogP contribution in [-0.2, 0) is 6.54 Å². The number of halogens is 1. The van der Waals surface area contributed by atoms with Gasteiger partial charge in [-0.05, 0) is 0 Å². The van der Waals surface area contributed by atoms with E-state index in [1.807, 2.05) is 19.0 Å². The van der Waals surface area contributed by atoms with Gasteiger partial charge in [0.05, 0.1) is 12.0 Å². The number of hydrogen-bond donors (Lipinski definition) is 1. The lowest BCUT2D eigenvalue weighted by Gasteiger charge is -2.05. The van der Waals surface area contributed by atoms with Crippen LogP contribution >= 0.6 is 22.9 Å². The molecule has 4 nitrogen and oxygen atoms in total. The van der Waals surface area contributed by atoms with Gasteiger partial charge in [0.2, 0.25) is 5.88 Å². The monoisotopic (exact) mass is 261 g/mol. The highest BCUT2D eigenvalue weighted by Gasteiger charge is 2.12. The molecule has 90 valence electrons. The maximum atomic E-state index is 5.66. The van der Waals surface area contributed by atoms with Crippen molar-refractivity contribution in [2.75, 3.05) is 32.6 Å². The summed E-state index contributed by atoms with van der Waals surface area (Å²) in [6.07, 6.45) is 0. The Hall–Kier alpha value is -0.780. The van der Waals surface area contributed by atoms with Gasteiger partial charge >= 0.3 is 0 Å². The molecule has 16 heavy (non-hydrogen) atoms. The van der Waals surface area contributed by atoms with Gasteiger partial charge in [-0.15, -0.1) is 0 Å². The van der Waals surface area contributed by atoms with Crippen LogP contribution in [0.5, 0.6) is 5.88 Å². The van der Waals surface area contributed by atoms with Crippen molar-refractivity contribution >= 4 is 28.1 Å². The topological polar surface area (TPSA) is 37.4 Å². The molecule has 0 radical (unpaired) electrons. The minimum Gasteiger partial charge on any atom is -0.480 e. The first-order valence-electron chi connectivity index (χ1n) is 4.79. The van der Waals surface area contributed by atoms with Crippen molar-refractivity contribution in [3.8, 4) is 5.88 Å². The number of aromatic nitrogens is 1.